The van der Waals surface area contributed by atoms with E-state index in [0.717, 1.165) is 38.5 Å². The van der Waals surface area contributed by atoms with E-state index in [4.69, 9.17) is 4.74 Å². The third-order valence-corrected chi connectivity index (χ3v) is 8.85. The van der Waals surface area contributed by atoms with Gasteiger partial charge in [0.2, 0.25) is 0 Å². The molecule has 4 heteroatoms. The molecule has 0 heterocycles. The number of ether oxygens (including phenoxy) is 1. The molecule has 0 aromatic carbocycles. The monoisotopic (exact) mass is 398 g/mol. The lowest BCUT2D eigenvalue weighted by molar-refractivity contribution is -0.180. The predicted molar refractivity (Wildman–Crippen MR) is 111 cm³/mol. The topological polar surface area (TPSA) is 60.4 Å². The van der Waals surface area contributed by atoms with E-state index in [1.807, 2.05) is 13.0 Å². The van der Waals surface area contributed by atoms with Gasteiger partial charge in [0.25, 0.3) is 0 Å². The predicted octanol–water partition coefficient (Wildman–Crippen LogP) is 4.82. The van der Waals surface area contributed by atoms with Crippen LogP contribution in [0.15, 0.2) is 23.8 Å². The van der Waals surface area contributed by atoms with Crippen LogP contribution in [0.1, 0.15) is 72.6 Å². The van der Waals surface area contributed by atoms with Gasteiger partial charge in [0.05, 0.1) is 0 Å². The molecule has 4 aliphatic carbocycles. The molecular formula is C25H34O4. The number of fused-ring (bicyclic) bond motifs is 5. The zero-order valence-electron chi connectivity index (χ0n) is 18.2. The largest absolute Gasteiger partial charge is 0.462 e. The Labute approximate surface area is 174 Å². The Balaban J connectivity index is 1.73. The van der Waals surface area contributed by atoms with Crippen molar-refractivity contribution in [2.45, 2.75) is 78.7 Å². The molecule has 3 fully saturated rings. The van der Waals surface area contributed by atoms with E-state index in [1.54, 1.807) is 13.0 Å². The van der Waals surface area contributed by atoms with Crippen LogP contribution in [0.25, 0.3) is 0 Å². The van der Waals surface area contributed by atoms with Gasteiger partial charge in [-0.05, 0) is 75.4 Å². The minimum Gasteiger partial charge on any atom is -0.462 e. The van der Waals surface area contributed by atoms with Crippen molar-refractivity contribution in [3.8, 4) is 0 Å². The summed E-state index contributed by atoms with van der Waals surface area (Å²) < 4.78 is 6.12. The van der Waals surface area contributed by atoms with Crippen LogP contribution in [-0.2, 0) is 19.1 Å². The first kappa shape index (κ1) is 20.6. The van der Waals surface area contributed by atoms with Gasteiger partial charge in [-0.2, -0.15) is 0 Å². The summed E-state index contributed by atoms with van der Waals surface area (Å²) in [6.07, 6.45) is 11.3. The molecule has 4 nitrogen and oxygen atoms in total. The number of carbonyl (C=O) groups is 3. The number of hydrogen-bond acceptors (Lipinski definition) is 4. The molecule has 0 radical (unpaired) electrons. The van der Waals surface area contributed by atoms with Crippen molar-refractivity contribution >= 4 is 17.5 Å². The third-order valence-electron chi connectivity index (χ3n) is 8.85. The average Bonchev–Trinajstić information content (AvgIpc) is 3.02. The van der Waals surface area contributed by atoms with E-state index < -0.39 is 0 Å². The molecule has 4 aliphatic rings. The van der Waals surface area contributed by atoms with Crippen LogP contribution in [0.4, 0.5) is 0 Å². The van der Waals surface area contributed by atoms with Crippen molar-refractivity contribution in [1.82, 2.24) is 0 Å². The summed E-state index contributed by atoms with van der Waals surface area (Å²) in [6, 6.07) is 0. The van der Waals surface area contributed by atoms with E-state index in [-0.39, 0.29) is 40.4 Å². The number of carbonyl (C=O) groups excluding carboxylic acids is 3. The lowest BCUT2D eigenvalue weighted by Crippen LogP contribution is -2.57. The second kappa shape index (κ2) is 7.21. The first-order valence-corrected chi connectivity index (χ1v) is 11.4. The summed E-state index contributed by atoms with van der Waals surface area (Å²) in [5, 5.41) is 0. The maximum atomic E-state index is 12.6. The Kier molecular flexibility index (Phi) is 5.11. The van der Waals surface area contributed by atoms with Gasteiger partial charge in [-0.15, -0.1) is 0 Å². The zero-order valence-corrected chi connectivity index (χ0v) is 18.2. The number of Topliss-reactive ketones (excluding diaryl/α,β-unsaturated/α-hetero) is 1. The zero-order chi connectivity index (χ0) is 21.0. The van der Waals surface area contributed by atoms with E-state index in [2.05, 4.69) is 19.9 Å². The highest BCUT2D eigenvalue weighted by Gasteiger charge is 2.64. The lowest BCUT2D eigenvalue weighted by atomic mass is 9.46. The second-order valence-corrected chi connectivity index (χ2v) is 10.2. The Morgan fingerprint density at radius 1 is 1.17 bits per heavy atom. The van der Waals surface area contributed by atoms with Gasteiger partial charge in [0.15, 0.2) is 5.78 Å². The van der Waals surface area contributed by atoms with Crippen molar-refractivity contribution in [3.05, 3.63) is 23.8 Å². The first-order chi connectivity index (χ1) is 13.7. The van der Waals surface area contributed by atoms with Crippen molar-refractivity contribution in [2.24, 2.45) is 34.5 Å². The molecule has 158 valence electrons. The molecule has 4 rings (SSSR count). The van der Waals surface area contributed by atoms with Crippen LogP contribution in [0.3, 0.4) is 0 Å². The number of hydrogen-bond donors (Lipinski definition) is 0. The van der Waals surface area contributed by atoms with Crippen LogP contribution in [0.5, 0.6) is 0 Å². The van der Waals surface area contributed by atoms with Crippen LogP contribution < -0.4 is 0 Å². The molecule has 0 saturated heterocycles. The summed E-state index contributed by atoms with van der Waals surface area (Å²) in [5.41, 5.74) is 0.805. The molecule has 0 spiro atoms. The van der Waals surface area contributed by atoms with Crippen LogP contribution >= 0.6 is 0 Å². The highest BCUT2D eigenvalue weighted by molar-refractivity contribution is 6.01. The fourth-order valence-electron chi connectivity index (χ4n) is 7.40. The van der Waals surface area contributed by atoms with Crippen molar-refractivity contribution < 1.29 is 19.1 Å². The van der Waals surface area contributed by atoms with Gasteiger partial charge in [0.1, 0.15) is 11.9 Å². The van der Waals surface area contributed by atoms with Crippen LogP contribution in [-0.4, -0.2) is 23.6 Å². The quantitative estimate of drug-likeness (QED) is 0.637. The summed E-state index contributed by atoms with van der Waals surface area (Å²) in [6.45, 7) is 8.15. The molecule has 0 N–H and O–H groups in total. The molecule has 0 amide bonds. The van der Waals surface area contributed by atoms with Gasteiger partial charge in [0, 0.05) is 23.2 Å². The Hall–Kier alpha value is -1.71. The minimum absolute atomic E-state index is 0.0268. The fraction of sp³-hybridized carbons (Fsp3) is 0.720. The van der Waals surface area contributed by atoms with Crippen LogP contribution in [0, 0.1) is 34.5 Å². The standard InChI is InChI=1S/C25H34O4/c1-5-6-23(28)29-22-14-21-18(20-10-9-19(15(2)26)25(20,22)4)8-7-16-13-17(27)11-12-24(16,21)3/h11-13,18-22H,5-10,14H2,1-4H3/t18-,19+,20-,21-,22-,24-,25+/m0/s1. The molecule has 0 aliphatic heterocycles. The molecule has 3 saturated carbocycles. The molecule has 0 unspecified atom stereocenters. The SMILES string of the molecule is CCCC(=O)O[C@H]1C[C@H]2[C@@H](CCC3=CC(=O)C=C[C@@]32C)[C@@H]2CC[C@H](C(C)=O)[C@@]12C. The second-order valence-electron chi connectivity index (χ2n) is 10.2. The number of allylic oxidation sites excluding steroid dienone is 4. The van der Waals surface area contributed by atoms with E-state index in [0.29, 0.717) is 24.2 Å². The normalized spacial score (nSPS) is 43.1. The Morgan fingerprint density at radius 3 is 2.62 bits per heavy atom. The highest BCUT2D eigenvalue weighted by Crippen LogP contribution is 2.66. The number of rotatable bonds is 4. The van der Waals surface area contributed by atoms with Crippen molar-refractivity contribution in [3.63, 3.8) is 0 Å². The summed E-state index contributed by atoms with van der Waals surface area (Å²) >= 11 is 0. The molecule has 7 atom stereocenters. The maximum absolute atomic E-state index is 12.6. The van der Waals surface area contributed by atoms with E-state index in [1.165, 1.54) is 5.57 Å². The molecule has 29 heavy (non-hydrogen) atoms. The van der Waals surface area contributed by atoms with Gasteiger partial charge in [-0.3, -0.25) is 14.4 Å². The van der Waals surface area contributed by atoms with E-state index in [9.17, 15) is 14.4 Å². The van der Waals surface area contributed by atoms with E-state index >= 15 is 0 Å². The van der Waals surface area contributed by atoms with Gasteiger partial charge in [-0.1, -0.05) is 32.4 Å². The van der Waals surface area contributed by atoms with Gasteiger partial charge in [-0.25, -0.2) is 0 Å². The minimum atomic E-state index is -0.276. The number of ketones is 2. The summed E-state index contributed by atoms with van der Waals surface area (Å²) in [7, 11) is 0. The van der Waals surface area contributed by atoms with Gasteiger partial charge >= 0.3 is 5.97 Å². The molecule has 0 aromatic heterocycles. The van der Waals surface area contributed by atoms with Crippen molar-refractivity contribution in [1.29, 1.82) is 0 Å². The number of esters is 1. The molecule has 0 bridgehead atoms. The maximum Gasteiger partial charge on any atom is 0.306 e. The molecule has 0 aromatic rings. The summed E-state index contributed by atoms with van der Waals surface area (Å²) in [5.74, 6) is 1.38. The van der Waals surface area contributed by atoms with Crippen LogP contribution in [0.2, 0.25) is 0 Å². The first-order valence-electron chi connectivity index (χ1n) is 11.4. The highest BCUT2D eigenvalue weighted by atomic mass is 16.5. The van der Waals surface area contributed by atoms with Crippen molar-refractivity contribution in [2.75, 3.05) is 0 Å². The Bertz CT molecular complexity index is 793. The molecular weight excluding hydrogens is 364 g/mol. The average molecular weight is 399 g/mol. The van der Waals surface area contributed by atoms with Gasteiger partial charge < -0.3 is 4.74 Å². The summed E-state index contributed by atoms with van der Waals surface area (Å²) in [4.78, 5) is 37.0. The Morgan fingerprint density at radius 2 is 1.93 bits per heavy atom. The smallest absolute Gasteiger partial charge is 0.306 e. The third kappa shape index (κ3) is 3.05. The fourth-order valence-corrected chi connectivity index (χ4v) is 7.40. The lowest BCUT2D eigenvalue weighted by Gasteiger charge is -2.59.